The van der Waals surface area contributed by atoms with Gasteiger partial charge in [-0.3, -0.25) is 14.4 Å². The van der Waals surface area contributed by atoms with E-state index >= 15 is 0 Å². The van der Waals surface area contributed by atoms with E-state index < -0.39 is 90.6 Å². The minimum Gasteiger partial charge on any atom is -0.480 e. The number of likely N-dealkylation sites (N-methyl/N-ethyl adjacent to an activating group) is 1. The van der Waals surface area contributed by atoms with Crippen molar-refractivity contribution in [1.29, 1.82) is 0 Å². The third kappa shape index (κ3) is 36.5. The number of hydrogen-bond acceptors (Lipinski definition) is 25. The number of methoxy groups -OCH3 is 5. The number of nitrogens with zero attached hydrogens (tertiary/aromatic N) is 2. The zero-order chi connectivity index (χ0) is 97.0. The van der Waals surface area contributed by atoms with Crippen molar-refractivity contribution in [3.63, 3.8) is 0 Å². The molecule has 7 N–H and O–H groups in total. The minimum absolute atomic E-state index is 0.0353. The molecule has 12 rings (SSSR count). The highest BCUT2D eigenvalue weighted by atomic mass is 79.9. The summed E-state index contributed by atoms with van der Waals surface area (Å²) < 4.78 is 61.2. The van der Waals surface area contributed by atoms with Gasteiger partial charge >= 0.3 is 47.8 Å². The number of esters is 5. The molecule has 0 saturated carbocycles. The molecule has 42 heteroatoms. The summed E-state index contributed by atoms with van der Waals surface area (Å²) in [6, 6.07) is 20.0. The van der Waals surface area contributed by atoms with Crippen molar-refractivity contribution >= 4 is 246 Å². The zero-order valence-corrected chi connectivity index (χ0v) is 85.6. The van der Waals surface area contributed by atoms with Gasteiger partial charge in [0.1, 0.15) is 40.5 Å². The second-order valence-electron chi connectivity index (χ2n) is 27.5. The molecule has 1 saturated heterocycles. The fourth-order valence-electron chi connectivity index (χ4n) is 11.7. The fraction of sp³-hybridized carbons (Fsp3) is 0.356. The highest BCUT2D eigenvalue weighted by Gasteiger charge is 2.37. The Kier molecular flexibility index (Phi) is 50.6. The van der Waals surface area contributed by atoms with Gasteiger partial charge in [-0.15, -0.1) is 26.3 Å². The van der Waals surface area contributed by atoms with E-state index in [1.165, 1.54) is 59.8 Å². The van der Waals surface area contributed by atoms with E-state index in [2.05, 4.69) is 180 Å². The van der Waals surface area contributed by atoms with Gasteiger partial charge in [-0.1, -0.05) is 100 Å². The molecule has 129 heavy (non-hydrogen) atoms. The third-order valence-corrected chi connectivity index (χ3v) is 23.6. The number of carboxylic acid groups (broad SMARTS) is 3. The van der Waals surface area contributed by atoms with Gasteiger partial charge in [0.2, 0.25) is 6.10 Å². The van der Waals surface area contributed by atoms with Gasteiger partial charge < -0.3 is 93.2 Å². The number of fused-ring (bicyclic) bond motifs is 5. The lowest BCUT2D eigenvalue weighted by molar-refractivity contribution is -0.150. The Morgan fingerprint density at radius 2 is 0.798 bits per heavy atom. The number of Topliss-reactive ketones (excluding diaryl/α,β-unsaturated/α-hetero) is 1. The topological polar surface area (TPSA) is 406 Å². The summed E-state index contributed by atoms with van der Waals surface area (Å²) in [5.41, 5.74) is 10.1. The van der Waals surface area contributed by atoms with Crippen LogP contribution >= 0.6 is 181 Å². The molecule has 6 aromatic rings. The minimum atomic E-state index is -1.28. The summed E-state index contributed by atoms with van der Waals surface area (Å²) in [7, 11) is 8.57. The van der Waals surface area contributed by atoms with E-state index in [1.807, 2.05) is 23.1 Å². The summed E-state index contributed by atoms with van der Waals surface area (Å²) in [4.78, 5) is 115. The Bertz CT molecular complexity index is 4890. The first kappa shape index (κ1) is 114. The predicted octanol–water partition coefficient (Wildman–Crippen LogP) is 18.9. The van der Waals surface area contributed by atoms with Gasteiger partial charge in [0.15, 0.2) is 48.5 Å². The van der Waals surface area contributed by atoms with Crippen LogP contribution in [0.5, 0.6) is 34.5 Å². The Morgan fingerprint density at radius 1 is 0.450 bits per heavy atom. The van der Waals surface area contributed by atoms with Crippen molar-refractivity contribution in [2.24, 2.45) is 5.73 Å². The molecule has 6 aliphatic heterocycles. The molecule has 0 aromatic heterocycles. The fourth-order valence-corrected chi connectivity index (χ4v) is 18.2. The lowest BCUT2D eigenvalue weighted by Crippen LogP contribution is -2.51. The van der Waals surface area contributed by atoms with Crippen LogP contribution in [-0.4, -0.2) is 218 Å². The number of nitrogens with two attached hydrogens (primary N) is 1. The number of carbonyl (C=O) groups is 10. The van der Waals surface area contributed by atoms with Crippen LogP contribution in [0.4, 0.5) is 0 Å². The number of carbonyl (C=O) groups excluding carboxylic acids is 7. The number of benzene rings is 6. The number of rotatable bonds is 19. The Labute approximate surface area is 833 Å². The standard InChI is InChI=1S/C15H18BrClN2O2.C12H11Br2ClO3.C12H10BrClO3.C11H8BrClO4.C11H10BrClO3.C10H8BrClO3.C6H10O3.C5H9NO2.C5H8O3/c1-18-4-6-19(7-5-18)15(20)13-3-2-10-8-11(17)9-12(16)14(10)21-13;1-3-4-10(12(16)17-2)18-11-8(13)5-7(15)6-9(11)14;1-6-3-10(12(15)16-2)17-11-8(6)4-7(14)5-9(11)13;1-16-11(15)9-4-8(14)6-2-5(13)3-7(12)10(6)17-9;1-15-11(14)9-3-2-6-4-7(13)5-8(12)10(6)16-9;11-7-4-6(12)3-5-1-2-8(10(13)14)15-9(5)7;1-3-4-5(7)6(8)9-2;2*1-2-3-4(6)5(7)8/h8-9,13H,2-7H2,1H3;3,5-6,10H,1,4H2,2H3;4-5,10H,1,3H2,2H3;2-3,9H,4H2,1H3;4-5,9H,2-3H2,1H3;3-4,8H,1-2H2,(H,13,14);3,5,7H,1,4H2,2H3;2,4H,1,3,6H2,(H,7,8);2,4,6H,1,3H2,(H,7,8)/t13-;2*10-;2*9-;8-;5-;2*4-/m111111000/s1. The maximum absolute atomic E-state index is 12.6. The number of halogens is 13. The molecular weight excluding hydrogens is 2270 g/mol. The normalized spacial score (nSPS) is 17.1. The van der Waals surface area contributed by atoms with Crippen LogP contribution in [-0.2, 0) is 86.1 Å². The summed E-state index contributed by atoms with van der Waals surface area (Å²) in [6.07, 6.45) is 5.12. The zero-order valence-electron chi connectivity index (χ0n) is 70.0. The monoisotopic (exact) mass is 2360 g/mol. The van der Waals surface area contributed by atoms with Crippen molar-refractivity contribution in [2.45, 2.75) is 132 Å². The van der Waals surface area contributed by atoms with E-state index in [1.54, 1.807) is 54.6 Å². The first-order valence-electron chi connectivity index (χ1n) is 38.2. The average Bonchev–Trinajstić information content (AvgIpc) is 0.811. The van der Waals surface area contributed by atoms with Crippen LogP contribution in [0.15, 0.2) is 161 Å². The quantitative estimate of drug-likeness (QED) is 0.0249. The number of aryl methyl sites for hydroxylation is 3. The van der Waals surface area contributed by atoms with Crippen LogP contribution in [0.2, 0.25) is 30.1 Å². The predicted molar refractivity (Wildman–Crippen MR) is 513 cm³/mol. The molecule has 29 nitrogen and oxygen atoms in total. The number of ether oxygens (including phenoxy) is 11. The van der Waals surface area contributed by atoms with Gasteiger partial charge in [-0.25, -0.2) is 33.6 Å². The lowest BCUT2D eigenvalue weighted by atomic mass is 9.97. The van der Waals surface area contributed by atoms with Crippen molar-refractivity contribution in [3.8, 4) is 34.5 Å². The molecule has 6 aliphatic rings. The molecule has 6 aromatic carbocycles. The van der Waals surface area contributed by atoms with Crippen LogP contribution < -0.4 is 34.2 Å². The first-order chi connectivity index (χ1) is 60.8. The smallest absolute Gasteiger partial charge is 0.347 e. The highest BCUT2D eigenvalue weighted by molar-refractivity contribution is 9.11. The summed E-state index contributed by atoms with van der Waals surface area (Å²) >= 11 is 59.0. The summed E-state index contributed by atoms with van der Waals surface area (Å²) in [5.74, 6) is -2.12. The highest BCUT2D eigenvalue weighted by Crippen LogP contribution is 2.45. The Hall–Kier alpha value is -7.34. The largest absolute Gasteiger partial charge is 0.480 e. The SMILES string of the molecule is C=C1C[C@H](C(=O)OC)Oc2c(Br)cc(Cl)cc21.C=CC[C@@H](Oc1c(Br)cc(Cl)cc1Br)C(=O)OC.C=CC[C@H](N)C(=O)O.C=CC[C@H](O)C(=O)O.C=CC[C@H](O)C(=O)OC.CN1CCN(C(=O)[C@H]2CCc3cc(Cl)cc(Br)c3O2)CC1.COC(=O)[C@H]1CC(=O)c2cc(Cl)cc(Br)c2O1.COC(=O)[C@H]1CCc2cc(Cl)cc(Br)c2O1.O=C(O)[C@H]1CCc2cc(Cl)cc(Br)c2O1. The van der Waals surface area contributed by atoms with E-state index in [0.29, 0.717) is 132 Å². The Morgan fingerprint density at radius 3 is 1.19 bits per heavy atom. The average molecular weight is 2370 g/mol. The summed E-state index contributed by atoms with van der Waals surface area (Å²) in [6.45, 7) is 20.9. The lowest BCUT2D eigenvalue weighted by Gasteiger charge is -2.36. The first-order valence-corrected chi connectivity index (χ1v) is 46.1. The molecule has 0 bridgehead atoms. The molecule has 0 unspecified atom stereocenters. The number of amides is 1. The molecule has 1 amide bonds. The van der Waals surface area contributed by atoms with Gasteiger partial charge in [0, 0.05) is 87.6 Å². The number of piperazine rings is 1. The van der Waals surface area contributed by atoms with E-state index in [9.17, 15) is 47.9 Å². The van der Waals surface area contributed by atoms with Gasteiger partial charge in [0.25, 0.3) is 5.91 Å². The molecule has 6 heterocycles. The van der Waals surface area contributed by atoms with Gasteiger partial charge in [-0.2, -0.15) is 0 Å². The number of ketones is 1. The van der Waals surface area contributed by atoms with E-state index in [4.69, 9.17) is 129 Å². The molecule has 9 atom stereocenters. The Balaban J connectivity index is 0.000000309. The van der Waals surface area contributed by atoms with Crippen LogP contribution in [0.3, 0.4) is 0 Å². The third-order valence-electron chi connectivity index (χ3n) is 18.2. The van der Waals surface area contributed by atoms with Gasteiger partial charge in [-0.05, 0) is 259 Å². The number of aliphatic hydroxyl groups excluding tert-OH is 2. The van der Waals surface area contributed by atoms with Gasteiger partial charge in [0.05, 0.1) is 78.8 Å². The van der Waals surface area contributed by atoms with Crippen LogP contribution in [0.25, 0.3) is 5.57 Å². The maximum atomic E-state index is 12.6. The molecule has 702 valence electrons. The molecular formula is C87H92Br7Cl6N3O26. The number of aliphatic hydroxyl groups is 2. The molecule has 0 aliphatic carbocycles. The maximum Gasteiger partial charge on any atom is 0.347 e. The molecule has 0 spiro atoms. The van der Waals surface area contributed by atoms with Crippen molar-refractivity contribution in [1.82, 2.24) is 9.80 Å². The van der Waals surface area contributed by atoms with Crippen LogP contribution in [0, 0.1) is 0 Å². The van der Waals surface area contributed by atoms with Crippen molar-refractivity contribution in [3.05, 3.63) is 219 Å². The molecule has 0 radical (unpaired) electrons. The van der Waals surface area contributed by atoms with E-state index in [0.717, 1.165) is 81.5 Å². The second kappa shape index (κ2) is 57.3. The number of carboxylic acids is 3. The molecule has 1 fully saturated rings. The van der Waals surface area contributed by atoms with Crippen molar-refractivity contribution in [2.75, 3.05) is 68.8 Å². The van der Waals surface area contributed by atoms with E-state index in [-0.39, 0.29) is 43.0 Å². The second-order valence-corrected chi connectivity index (χ2v) is 36.1. The number of hydrogen-bond donors (Lipinski definition) is 6. The number of aliphatic carboxylic acids is 3. The van der Waals surface area contributed by atoms with Crippen LogP contribution in [0.1, 0.15) is 90.4 Å². The van der Waals surface area contributed by atoms with Crippen molar-refractivity contribution < 1.29 is 126 Å². The summed E-state index contributed by atoms with van der Waals surface area (Å²) in [5, 5.41) is 45.8.